The Morgan fingerprint density at radius 2 is 0.780 bits per heavy atom. The van der Waals surface area contributed by atoms with Gasteiger partial charge >= 0.3 is 6.18 Å². The van der Waals surface area contributed by atoms with E-state index in [1.807, 2.05) is 114 Å². The largest absolute Gasteiger partial charge is 0.496 e. The molecular weight excluding hydrogens is 1950 g/mol. The van der Waals surface area contributed by atoms with Crippen LogP contribution in [0.2, 0.25) is 5.02 Å². The number of fused-ring (bicyclic) bond motifs is 5. The molecule has 2 aliphatic carbocycles. The van der Waals surface area contributed by atoms with Crippen molar-refractivity contribution in [2.24, 2.45) is 17.8 Å². The van der Waals surface area contributed by atoms with Crippen LogP contribution in [-0.4, -0.2) is 173 Å². The molecule has 15 aromatic rings. The Labute approximate surface area is 883 Å². The van der Waals surface area contributed by atoms with Crippen LogP contribution in [0.3, 0.4) is 0 Å². The number of methoxy groups -OCH3 is 1. The number of pyridine rings is 5. The number of ether oxygens (including phenoxy) is 2. The summed E-state index contributed by atoms with van der Waals surface area (Å²) in [6.07, 6.45) is 22.8. The first kappa shape index (κ1) is 114. The van der Waals surface area contributed by atoms with Crippen molar-refractivity contribution in [1.29, 1.82) is 0 Å². The van der Waals surface area contributed by atoms with Crippen molar-refractivity contribution in [3.63, 3.8) is 0 Å². The van der Waals surface area contributed by atoms with Crippen molar-refractivity contribution in [2.45, 2.75) is 277 Å². The fraction of sp³-hybridized carbons (Fsp3) is 0.452. The predicted molar refractivity (Wildman–Crippen MR) is 578 cm³/mol. The summed E-state index contributed by atoms with van der Waals surface area (Å²) in [5.74, 6) is 3.46. The molecule has 798 valence electrons. The molecule has 4 aromatic carbocycles. The van der Waals surface area contributed by atoms with E-state index in [0.717, 1.165) is 233 Å². The number of carbonyl (C=O) groups excluding carboxylic acids is 5. The molecule has 0 unspecified atom stereocenters. The highest BCUT2D eigenvalue weighted by Crippen LogP contribution is 2.39. The van der Waals surface area contributed by atoms with Gasteiger partial charge in [-0.15, -0.1) is 11.3 Å². The summed E-state index contributed by atoms with van der Waals surface area (Å²) in [6.45, 7) is 33.6. The van der Waals surface area contributed by atoms with Gasteiger partial charge in [0.25, 0.3) is 29.5 Å². The van der Waals surface area contributed by atoms with Crippen LogP contribution >= 0.6 is 22.9 Å². The van der Waals surface area contributed by atoms with Gasteiger partial charge in [0.1, 0.15) is 90.5 Å². The highest BCUT2D eigenvalue weighted by Gasteiger charge is 2.40. The molecule has 27 nitrogen and oxygen atoms in total. The van der Waals surface area contributed by atoms with Crippen molar-refractivity contribution in [1.82, 2.24) is 97.2 Å². The predicted octanol–water partition coefficient (Wildman–Crippen LogP) is 26.0. The zero-order chi connectivity index (χ0) is 107. The van der Waals surface area contributed by atoms with Gasteiger partial charge in [-0.25, -0.2) is 63.0 Å². The Morgan fingerprint density at radius 3 is 1.15 bits per heavy atom. The van der Waals surface area contributed by atoms with Gasteiger partial charge in [-0.2, -0.15) is 13.2 Å². The number of thiophene rings is 1. The molecule has 0 aliphatic heterocycles. The maximum Gasteiger partial charge on any atom is 0.417 e. The quantitative estimate of drug-likeness (QED) is 0.0253. The third-order valence-electron chi connectivity index (χ3n) is 26.4. The van der Waals surface area contributed by atoms with Gasteiger partial charge in [0.15, 0.2) is 28.2 Å². The monoisotopic (exact) mass is 2100 g/mol. The molecule has 17 rings (SSSR count). The van der Waals surface area contributed by atoms with Crippen LogP contribution in [0.1, 0.15) is 288 Å². The zero-order valence-corrected chi connectivity index (χ0v) is 90.2. The molecule has 0 radical (unpaired) electrons. The van der Waals surface area contributed by atoms with E-state index in [-0.39, 0.29) is 36.7 Å². The number of benzene rings is 4. The Morgan fingerprint density at radius 1 is 0.413 bits per heavy atom. The minimum atomic E-state index is -4.84. The number of alkyl halides is 3. The molecule has 0 bridgehead atoms. The first-order chi connectivity index (χ1) is 72.5. The van der Waals surface area contributed by atoms with Crippen LogP contribution in [0, 0.1) is 49.1 Å². The number of unbranched alkanes of at least 4 members (excludes halogenated alkanes) is 7. The fourth-order valence-electron chi connectivity index (χ4n) is 18.1. The molecule has 11 aromatic heterocycles. The Kier molecular flexibility index (Phi) is 41.9. The molecule has 0 saturated heterocycles. The normalized spacial score (nSPS) is 12.3. The van der Waals surface area contributed by atoms with Crippen molar-refractivity contribution in [2.75, 3.05) is 46.4 Å². The zero-order valence-electron chi connectivity index (χ0n) is 88.6. The Balaban J connectivity index is 0.000000156. The number of aromatic nitrogens is 15. The van der Waals surface area contributed by atoms with E-state index in [4.69, 9.17) is 41.0 Å². The Bertz CT molecular complexity index is 7010. The molecule has 0 N–H and O–H groups in total. The Hall–Kier alpha value is -13.5. The first-order valence-electron chi connectivity index (χ1n) is 52.9. The number of carbonyl (C=O) groups is 5. The first-order valence-corrected chi connectivity index (χ1v) is 54.2. The van der Waals surface area contributed by atoms with Crippen LogP contribution in [-0.2, 0) is 71.6 Å². The van der Waals surface area contributed by atoms with Crippen LogP contribution < -0.4 is 9.47 Å². The van der Waals surface area contributed by atoms with Crippen molar-refractivity contribution < 1.29 is 59.8 Å². The third-order valence-corrected chi connectivity index (χ3v) is 27.5. The number of aryl methyl sites for hydroxylation is 5. The average molecular weight is 2100 g/mol. The van der Waals surface area contributed by atoms with Crippen LogP contribution in [0.4, 0.5) is 26.3 Å². The number of hydrogen-bond donors (Lipinski definition) is 0. The van der Waals surface area contributed by atoms with Gasteiger partial charge in [0.05, 0.1) is 63.1 Å². The lowest BCUT2D eigenvalue weighted by Gasteiger charge is -2.25. The molecule has 35 heteroatoms. The lowest BCUT2D eigenvalue weighted by atomic mass is 10.0. The number of rotatable bonds is 46. The summed E-state index contributed by atoms with van der Waals surface area (Å²) in [6, 6.07) is 37.3. The van der Waals surface area contributed by atoms with Crippen molar-refractivity contribution in [3.05, 3.63) is 271 Å². The highest BCUT2D eigenvalue weighted by molar-refractivity contribution is 7.12. The van der Waals surface area contributed by atoms with E-state index < -0.39 is 40.7 Å². The maximum atomic E-state index is 14.6. The summed E-state index contributed by atoms with van der Waals surface area (Å²) >= 11 is 7.61. The summed E-state index contributed by atoms with van der Waals surface area (Å²) in [4.78, 5) is 122. The van der Waals surface area contributed by atoms with Gasteiger partial charge in [-0.05, 0) is 253 Å². The lowest BCUT2D eigenvalue weighted by molar-refractivity contribution is -0.138. The lowest BCUT2D eigenvalue weighted by Crippen LogP contribution is -2.35. The standard InChI is InChI=1S/C24H26F4N4O.2C23H29FN4O.C23H30N4O2S.C22H27ClN4O2/c1-2-3-4-13-31(23(33)21-17(24(26,27)28)7-5-8-18(21)25)15-20-30-19-9-6-12-29-22(19)32(20)14-16-10-11-16;1-5-12-28-21(26-20-7-6-11-25-22(20)28)15-27(13-10-16(2)3)23(29)19-14-18(24)9-8-17(19)4;1-4-6-7-14-27(23(29)19-15-18(24)11-10-17(19)3)16-21-26-20-9-8-12-25-22(20)28(21)13-5-2;1-3-5-6-13-26(23(28)21-19(29-4-2)11-14-30-21)16-20-25-18-8-7-12-24-22(18)27(20)15-17-9-10-17;1-4-6-13-26(22(28)17-14-16(23)9-10-19(17)29-3)15-20-25-18-8-7-11-24-21(18)27(20)12-5-2/h5-9,12,16H,2-4,10-11,13-15H2,1H3;6-9,11,14,16H,5,10,12-13,15H2,1-4H3;8-12,15H,4-7,13-14,16H2,1-3H3;7-8,11-12,14,17H,3-6,9-10,13,15-16H2,1-2H3;7-11,14H,4-6,12-13,15H2,1-3H3. The summed E-state index contributed by atoms with van der Waals surface area (Å²) in [5.41, 5.74) is 8.84. The van der Waals surface area contributed by atoms with E-state index in [0.29, 0.717) is 138 Å². The number of amides is 5. The van der Waals surface area contributed by atoms with Crippen LogP contribution in [0.15, 0.2) is 176 Å². The second-order valence-electron chi connectivity index (χ2n) is 38.7. The summed E-state index contributed by atoms with van der Waals surface area (Å²) in [7, 11) is 1.56. The molecule has 0 atom stereocenters. The van der Waals surface area contributed by atoms with Crippen LogP contribution in [0.5, 0.6) is 11.5 Å². The number of imidazole rings is 5. The molecule has 150 heavy (non-hydrogen) atoms. The minimum Gasteiger partial charge on any atom is -0.496 e. The number of halogens is 7. The van der Waals surface area contributed by atoms with E-state index in [9.17, 15) is 50.3 Å². The van der Waals surface area contributed by atoms with Gasteiger partial charge in [-0.1, -0.05) is 137 Å². The smallest absolute Gasteiger partial charge is 0.417 e. The van der Waals surface area contributed by atoms with E-state index in [1.165, 1.54) is 53.3 Å². The topological polar surface area (TPSA) is 274 Å². The fourth-order valence-corrected chi connectivity index (χ4v) is 19.0. The van der Waals surface area contributed by atoms with E-state index in [2.05, 4.69) is 104 Å². The van der Waals surface area contributed by atoms with Gasteiger partial charge in [0, 0.05) is 113 Å². The SMILES string of the molecule is CCCCCN(Cc1nc2cccnc2n1CC1CC1)C(=O)c1c(F)cccc1C(F)(F)F.CCCCCN(Cc1nc2cccnc2n1CC1CC1)C(=O)c1sccc1OCC.CCCCCN(Cc1nc2cccnc2n1CCC)C(=O)c1cc(F)ccc1C.CCCCN(Cc1nc2cccnc2n1CCC)C(=O)c1cc(Cl)ccc1OC.CCCn1c(CN(CCC(C)C)C(=O)c2cc(F)ccc2C)nc2cccnc21. The summed E-state index contributed by atoms with van der Waals surface area (Å²) in [5, 5.41) is 2.43. The summed E-state index contributed by atoms with van der Waals surface area (Å²) < 4.78 is 104. The minimum absolute atomic E-state index is 0.0166. The van der Waals surface area contributed by atoms with Gasteiger partial charge < -0.3 is 56.8 Å². The van der Waals surface area contributed by atoms with E-state index >= 15 is 0 Å². The molecule has 11 heterocycles. The number of hydrogen-bond acceptors (Lipinski definition) is 18. The second-order valence-corrected chi connectivity index (χ2v) is 40.0. The van der Waals surface area contributed by atoms with Gasteiger partial charge in [0.2, 0.25) is 0 Å². The molecular formula is C115H141ClF6N20O7S. The molecule has 2 saturated carbocycles. The highest BCUT2D eigenvalue weighted by atomic mass is 35.5. The van der Waals surface area contributed by atoms with Crippen LogP contribution in [0.25, 0.3) is 55.8 Å². The van der Waals surface area contributed by atoms with Gasteiger partial charge in [-0.3, -0.25) is 24.0 Å². The number of nitrogens with zero attached hydrogens (tertiary/aromatic N) is 20. The average Bonchev–Trinajstić information content (AvgIpc) is 1.73. The molecule has 2 fully saturated rings. The maximum absolute atomic E-state index is 14.6. The third kappa shape index (κ3) is 30.0. The van der Waals surface area contributed by atoms with Crippen molar-refractivity contribution >= 4 is 108 Å². The molecule has 5 amide bonds. The molecule has 2 aliphatic rings. The van der Waals surface area contributed by atoms with Crippen molar-refractivity contribution in [3.8, 4) is 11.5 Å². The molecule has 0 spiro atoms. The second kappa shape index (κ2) is 55.3. The van der Waals surface area contributed by atoms with E-state index in [1.54, 1.807) is 78.1 Å².